The molecule has 0 radical (unpaired) electrons. The number of hydrogen-bond donors (Lipinski definition) is 1. The van der Waals surface area contributed by atoms with Crippen LogP contribution >= 0.6 is 11.8 Å². The maximum absolute atomic E-state index is 4.33. The Labute approximate surface area is 85.2 Å². The average molecular weight is 202 g/mol. The van der Waals surface area contributed by atoms with E-state index in [0.29, 0.717) is 0 Å². The molecule has 1 rings (SSSR count). The molecule has 0 atom stereocenters. The molecule has 0 spiro atoms. The Kier molecular flexibility index (Phi) is 4.06. The van der Waals surface area contributed by atoms with Crippen LogP contribution in [0.5, 0.6) is 0 Å². The van der Waals surface area contributed by atoms with Crippen molar-refractivity contribution < 1.29 is 4.48 Å². The van der Waals surface area contributed by atoms with Gasteiger partial charge < -0.3 is 9.80 Å². The van der Waals surface area contributed by atoms with Gasteiger partial charge in [0, 0.05) is 18.7 Å². The predicted molar refractivity (Wildman–Crippen MR) is 60.3 cm³/mol. The van der Waals surface area contributed by atoms with Gasteiger partial charge >= 0.3 is 0 Å². The lowest BCUT2D eigenvalue weighted by molar-refractivity contribution is -0.870. The fourth-order valence-electron chi connectivity index (χ4n) is 1.18. The number of amidine groups is 1. The minimum atomic E-state index is 0.956. The normalized spacial score (nSPS) is 17.0. The van der Waals surface area contributed by atoms with Crippen molar-refractivity contribution in [3.8, 4) is 0 Å². The van der Waals surface area contributed by atoms with E-state index in [4.69, 9.17) is 0 Å². The number of rotatable bonds is 4. The highest BCUT2D eigenvalue weighted by atomic mass is 32.2. The maximum Gasteiger partial charge on any atom is 0.156 e. The first-order chi connectivity index (χ1) is 6.08. The third-order valence-electron chi connectivity index (χ3n) is 1.86. The van der Waals surface area contributed by atoms with Crippen LogP contribution in [0.15, 0.2) is 4.99 Å². The molecule has 0 fully saturated rings. The molecule has 13 heavy (non-hydrogen) atoms. The van der Waals surface area contributed by atoms with Gasteiger partial charge in [-0.3, -0.25) is 4.99 Å². The summed E-state index contributed by atoms with van der Waals surface area (Å²) >= 11 is 1.85. The Morgan fingerprint density at radius 1 is 1.46 bits per heavy atom. The minimum absolute atomic E-state index is 0.956. The highest BCUT2D eigenvalue weighted by molar-refractivity contribution is 8.13. The van der Waals surface area contributed by atoms with Gasteiger partial charge in [-0.05, 0) is 0 Å². The second-order valence-electron chi connectivity index (χ2n) is 4.33. The van der Waals surface area contributed by atoms with Crippen LogP contribution in [0.4, 0.5) is 0 Å². The van der Waals surface area contributed by atoms with E-state index >= 15 is 0 Å². The van der Waals surface area contributed by atoms with Crippen molar-refractivity contribution in [3.63, 3.8) is 0 Å². The van der Waals surface area contributed by atoms with Crippen LogP contribution in [0.1, 0.15) is 6.42 Å². The summed E-state index contributed by atoms with van der Waals surface area (Å²) in [4.78, 5) is 4.33. The zero-order chi connectivity index (χ0) is 9.73. The first kappa shape index (κ1) is 10.9. The molecular formula is C9H20N3S+. The molecule has 1 N–H and O–H groups in total. The molecule has 0 saturated heterocycles. The van der Waals surface area contributed by atoms with E-state index in [9.17, 15) is 0 Å². The Bertz CT molecular complexity index is 184. The van der Waals surface area contributed by atoms with Crippen LogP contribution in [-0.4, -0.2) is 56.2 Å². The molecule has 1 aliphatic rings. The topological polar surface area (TPSA) is 24.4 Å². The summed E-state index contributed by atoms with van der Waals surface area (Å²) in [7, 11) is 6.70. The van der Waals surface area contributed by atoms with E-state index in [-0.39, 0.29) is 0 Å². The van der Waals surface area contributed by atoms with Crippen molar-refractivity contribution in [1.29, 1.82) is 0 Å². The zero-order valence-electron chi connectivity index (χ0n) is 8.84. The largest absolute Gasteiger partial charge is 0.363 e. The number of thioether (sulfide) groups is 1. The lowest BCUT2D eigenvalue weighted by Crippen LogP contribution is -2.35. The molecule has 0 unspecified atom stereocenters. The molecule has 0 aromatic carbocycles. The molecule has 76 valence electrons. The van der Waals surface area contributed by atoms with Gasteiger partial charge in [0.2, 0.25) is 0 Å². The summed E-state index contributed by atoms with van der Waals surface area (Å²) in [6, 6.07) is 0. The van der Waals surface area contributed by atoms with Gasteiger partial charge in [0.15, 0.2) is 5.17 Å². The Balaban J connectivity index is 2.01. The van der Waals surface area contributed by atoms with Gasteiger partial charge in [-0.25, -0.2) is 0 Å². The minimum Gasteiger partial charge on any atom is -0.363 e. The quantitative estimate of drug-likeness (QED) is 0.538. The Morgan fingerprint density at radius 3 is 2.77 bits per heavy atom. The Morgan fingerprint density at radius 2 is 2.23 bits per heavy atom. The van der Waals surface area contributed by atoms with Gasteiger partial charge in [-0.2, -0.15) is 0 Å². The van der Waals surface area contributed by atoms with E-state index in [1.807, 2.05) is 11.8 Å². The highest BCUT2D eigenvalue weighted by Crippen LogP contribution is 2.07. The van der Waals surface area contributed by atoms with Gasteiger partial charge in [0.25, 0.3) is 0 Å². The van der Waals surface area contributed by atoms with Crippen molar-refractivity contribution in [2.75, 3.05) is 46.5 Å². The van der Waals surface area contributed by atoms with E-state index in [1.165, 1.54) is 18.7 Å². The fraction of sp³-hybridized carbons (Fsp3) is 0.889. The van der Waals surface area contributed by atoms with Crippen molar-refractivity contribution in [3.05, 3.63) is 0 Å². The SMILES string of the molecule is C[N+](C)(C)CCCSC1=NCCN1. The third kappa shape index (κ3) is 5.16. The molecule has 1 aliphatic heterocycles. The number of nitrogens with zero attached hydrogens (tertiary/aromatic N) is 2. The molecule has 0 saturated carbocycles. The van der Waals surface area contributed by atoms with Crippen LogP contribution in [-0.2, 0) is 0 Å². The van der Waals surface area contributed by atoms with Crippen molar-refractivity contribution in [1.82, 2.24) is 5.32 Å². The second kappa shape index (κ2) is 4.86. The molecule has 0 amide bonds. The first-order valence-corrected chi connectivity index (χ1v) is 5.78. The lowest BCUT2D eigenvalue weighted by atomic mass is 10.4. The smallest absolute Gasteiger partial charge is 0.156 e. The Hall–Kier alpha value is -0.220. The summed E-state index contributed by atoms with van der Waals surface area (Å²) in [5.41, 5.74) is 0. The van der Waals surface area contributed by atoms with E-state index < -0.39 is 0 Å². The number of hydrogen-bond acceptors (Lipinski definition) is 3. The fourth-order valence-corrected chi connectivity index (χ4v) is 2.03. The number of nitrogens with one attached hydrogen (secondary N) is 1. The molecule has 0 aromatic rings. The molecular weight excluding hydrogens is 182 g/mol. The molecule has 4 heteroatoms. The van der Waals surface area contributed by atoms with Gasteiger partial charge in [-0.15, -0.1) is 0 Å². The summed E-state index contributed by atoms with van der Waals surface area (Å²) in [6.07, 6.45) is 1.26. The first-order valence-electron chi connectivity index (χ1n) is 4.79. The monoisotopic (exact) mass is 202 g/mol. The zero-order valence-corrected chi connectivity index (χ0v) is 9.65. The van der Waals surface area contributed by atoms with Crippen LogP contribution in [0, 0.1) is 0 Å². The van der Waals surface area contributed by atoms with Crippen molar-refractivity contribution in [2.24, 2.45) is 4.99 Å². The van der Waals surface area contributed by atoms with E-state index in [2.05, 4.69) is 31.5 Å². The van der Waals surface area contributed by atoms with Crippen molar-refractivity contribution in [2.45, 2.75) is 6.42 Å². The van der Waals surface area contributed by atoms with Gasteiger partial charge in [-0.1, -0.05) is 11.8 Å². The molecule has 0 bridgehead atoms. The average Bonchev–Trinajstić information content (AvgIpc) is 2.48. The summed E-state index contributed by atoms with van der Waals surface area (Å²) in [5.74, 6) is 1.18. The van der Waals surface area contributed by atoms with E-state index in [0.717, 1.165) is 22.7 Å². The number of quaternary nitrogens is 1. The lowest BCUT2D eigenvalue weighted by Gasteiger charge is -2.23. The summed E-state index contributed by atoms with van der Waals surface area (Å²) in [5, 5.41) is 4.40. The predicted octanol–water partition coefficient (Wildman–Crippen LogP) is 0.775. The maximum atomic E-state index is 4.33. The standard InChI is InChI=1S/C9H20N3S/c1-12(2,3)7-4-8-13-9-10-5-6-11-9/h4-8H2,1-3H3,(H,10,11)/q+1. The molecule has 1 heterocycles. The number of aliphatic imine (C=N–C) groups is 1. The van der Waals surface area contributed by atoms with E-state index in [1.54, 1.807) is 0 Å². The third-order valence-corrected chi connectivity index (χ3v) is 2.90. The van der Waals surface area contributed by atoms with Gasteiger partial charge in [0.1, 0.15) is 0 Å². The molecule has 3 nitrogen and oxygen atoms in total. The van der Waals surface area contributed by atoms with Crippen LogP contribution in [0.25, 0.3) is 0 Å². The van der Waals surface area contributed by atoms with Crippen molar-refractivity contribution >= 4 is 16.9 Å². The summed E-state index contributed by atoms with van der Waals surface area (Å²) in [6.45, 7) is 3.22. The second-order valence-corrected chi connectivity index (χ2v) is 5.41. The van der Waals surface area contributed by atoms with Crippen LogP contribution < -0.4 is 5.32 Å². The highest BCUT2D eigenvalue weighted by Gasteiger charge is 2.08. The molecule has 0 aromatic heterocycles. The van der Waals surface area contributed by atoms with Crippen LogP contribution in [0.2, 0.25) is 0 Å². The van der Waals surface area contributed by atoms with Gasteiger partial charge in [0.05, 0.1) is 34.2 Å². The summed E-state index contributed by atoms with van der Waals surface area (Å²) < 4.78 is 1.06. The van der Waals surface area contributed by atoms with Crippen LogP contribution in [0.3, 0.4) is 0 Å². The molecule has 0 aliphatic carbocycles.